The van der Waals surface area contributed by atoms with Crippen LogP contribution in [-0.2, 0) is 0 Å². The molecule has 0 saturated heterocycles. The average Bonchev–Trinajstić information content (AvgIpc) is 2.26. The first kappa shape index (κ1) is 13.7. The molecular weight excluding hydrogens is 282 g/mol. The van der Waals surface area contributed by atoms with Gasteiger partial charge in [0.05, 0.1) is 15.5 Å². The van der Waals surface area contributed by atoms with E-state index in [2.05, 4.69) is 5.32 Å². The Kier molecular flexibility index (Phi) is 3.40. The molecule has 5 nitrogen and oxygen atoms in total. The molecule has 0 radical (unpaired) electrons. The molecule has 0 bridgehead atoms. The molecule has 1 aliphatic rings. The van der Waals surface area contributed by atoms with Crippen LogP contribution in [0.2, 0.25) is 5.02 Å². The monoisotopic (exact) mass is 290 g/mol. The lowest BCUT2D eigenvalue weighted by molar-refractivity contribution is -0.384. The molecule has 0 aromatic heterocycles. The number of nitrogens with zero attached hydrogens (tertiary/aromatic N) is 1. The molecule has 0 spiro atoms. The number of benzene rings is 1. The summed E-state index contributed by atoms with van der Waals surface area (Å²) in [5.41, 5.74) is -0.375. The first-order valence-electron chi connectivity index (χ1n) is 5.41. The molecule has 0 atom stereocenters. The normalized spacial score (nSPS) is 17.6. The number of nitro groups is 1. The molecule has 8 heteroatoms. The van der Waals surface area contributed by atoms with Crippen LogP contribution in [0, 0.1) is 10.1 Å². The third-order valence-electron chi connectivity index (χ3n) is 2.83. The highest BCUT2D eigenvalue weighted by atomic mass is 35.5. The van der Waals surface area contributed by atoms with Gasteiger partial charge in [-0.15, -0.1) is 0 Å². The van der Waals surface area contributed by atoms with Crippen LogP contribution in [-0.4, -0.2) is 22.8 Å². The molecule has 0 aliphatic heterocycles. The predicted molar refractivity (Wildman–Crippen MR) is 63.5 cm³/mol. The molecule has 1 aromatic carbocycles. The van der Waals surface area contributed by atoms with E-state index in [4.69, 9.17) is 11.6 Å². The number of hydrogen-bond donors (Lipinski definition) is 1. The van der Waals surface area contributed by atoms with Crippen LogP contribution in [0.1, 0.15) is 23.2 Å². The van der Waals surface area contributed by atoms with Crippen molar-refractivity contribution in [2.45, 2.75) is 24.8 Å². The predicted octanol–water partition coefficient (Wildman–Crippen LogP) is 2.78. The topological polar surface area (TPSA) is 72.2 Å². The van der Waals surface area contributed by atoms with Crippen LogP contribution < -0.4 is 5.32 Å². The van der Waals surface area contributed by atoms with Gasteiger partial charge >= 0.3 is 0 Å². The number of nitrogens with one attached hydrogen (secondary N) is 1. The van der Waals surface area contributed by atoms with Gasteiger partial charge in [-0.25, -0.2) is 8.78 Å². The Hall–Kier alpha value is -1.76. The van der Waals surface area contributed by atoms with Gasteiger partial charge in [0.1, 0.15) is 0 Å². The Balaban J connectivity index is 2.11. The molecule has 1 amide bonds. The van der Waals surface area contributed by atoms with Gasteiger partial charge in [-0.2, -0.15) is 0 Å². The van der Waals surface area contributed by atoms with Crippen LogP contribution >= 0.6 is 11.6 Å². The Labute approximate surface area is 111 Å². The van der Waals surface area contributed by atoms with Crippen LogP contribution in [0.15, 0.2) is 18.2 Å². The highest BCUT2D eigenvalue weighted by Gasteiger charge is 2.46. The number of rotatable bonds is 3. The summed E-state index contributed by atoms with van der Waals surface area (Å²) in [6.45, 7) is 0. The molecule has 1 fully saturated rings. The smallest absolute Gasteiger partial charge is 0.270 e. The second-order valence-electron chi connectivity index (χ2n) is 4.36. The van der Waals surface area contributed by atoms with Crippen molar-refractivity contribution in [1.82, 2.24) is 5.32 Å². The van der Waals surface area contributed by atoms with Crippen LogP contribution in [0.3, 0.4) is 0 Å². The van der Waals surface area contributed by atoms with E-state index in [0.717, 1.165) is 12.1 Å². The van der Waals surface area contributed by atoms with Gasteiger partial charge in [-0.05, 0) is 6.07 Å². The van der Waals surface area contributed by atoms with Crippen LogP contribution in [0.5, 0.6) is 0 Å². The average molecular weight is 291 g/mol. The second-order valence-corrected chi connectivity index (χ2v) is 4.76. The lowest BCUT2D eigenvalue weighted by Crippen LogP contribution is -2.50. The molecule has 1 aromatic rings. The summed E-state index contributed by atoms with van der Waals surface area (Å²) in [5.74, 6) is -3.43. The largest absolute Gasteiger partial charge is 0.349 e. The fourth-order valence-electron chi connectivity index (χ4n) is 1.83. The summed E-state index contributed by atoms with van der Waals surface area (Å²) in [4.78, 5) is 21.7. The van der Waals surface area contributed by atoms with E-state index in [9.17, 15) is 23.7 Å². The van der Waals surface area contributed by atoms with E-state index in [1.807, 2.05) is 0 Å². The molecule has 19 heavy (non-hydrogen) atoms. The second kappa shape index (κ2) is 4.73. The van der Waals surface area contributed by atoms with Crippen molar-refractivity contribution in [3.63, 3.8) is 0 Å². The molecule has 1 N–H and O–H groups in total. The van der Waals surface area contributed by atoms with Gasteiger partial charge in [-0.1, -0.05) is 11.6 Å². The Morgan fingerprint density at radius 1 is 1.47 bits per heavy atom. The number of hydrogen-bond acceptors (Lipinski definition) is 3. The third kappa shape index (κ3) is 2.98. The zero-order valence-electron chi connectivity index (χ0n) is 9.53. The molecule has 1 aliphatic carbocycles. The summed E-state index contributed by atoms with van der Waals surface area (Å²) in [6, 6.07) is 2.78. The third-order valence-corrected chi connectivity index (χ3v) is 3.16. The van der Waals surface area contributed by atoms with E-state index >= 15 is 0 Å². The van der Waals surface area contributed by atoms with Crippen LogP contribution in [0.25, 0.3) is 0 Å². The lowest BCUT2D eigenvalue weighted by Gasteiger charge is -2.35. The van der Waals surface area contributed by atoms with Gasteiger partial charge in [0, 0.05) is 31.0 Å². The number of carbonyl (C=O) groups is 1. The minimum atomic E-state index is -2.75. The van der Waals surface area contributed by atoms with Gasteiger partial charge in [-0.3, -0.25) is 14.9 Å². The Morgan fingerprint density at radius 3 is 2.63 bits per heavy atom. The van der Waals surface area contributed by atoms with E-state index in [1.54, 1.807) is 0 Å². The van der Waals surface area contributed by atoms with Crippen molar-refractivity contribution in [3.8, 4) is 0 Å². The number of carbonyl (C=O) groups excluding carboxylic acids is 1. The Morgan fingerprint density at radius 2 is 2.11 bits per heavy atom. The molecule has 2 rings (SSSR count). The number of amides is 1. The zero-order chi connectivity index (χ0) is 14.2. The van der Waals surface area contributed by atoms with Crippen molar-refractivity contribution < 1.29 is 18.5 Å². The first-order chi connectivity index (χ1) is 8.78. The van der Waals surface area contributed by atoms with Gasteiger partial charge in [0.2, 0.25) is 0 Å². The molecule has 1 saturated carbocycles. The van der Waals surface area contributed by atoms with E-state index in [-0.39, 0.29) is 16.3 Å². The van der Waals surface area contributed by atoms with E-state index in [1.165, 1.54) is 6.07 Å². The fraction of sp³-hybridized carbons (Fsp3) is 0.364. The highest BCUT2D eigenvalue weighted by molar-refractivity contribution is 6.33. The van der Waals surface area contributed by atoms with Gasteiger partial charge in [0.15, 0.2) is 0 Å². The number of non-ortho nitro benzene ring substituents is 1. The van der Waals surface area contributed by atoms with Gasteiger partial charge in [0.25, 0.3) is 17.5 Å². The summed E-state index contributed by atoms with van der Waals surface area (Å²) in [6.07, 6.45) is -0.851. The van der Waals surface area contributed by atoms with E-state index < -0.39 is 35.6 Å². The summed E-state index contributed by atoms with van der Waals surface area (Å²) >= 11 is 5.76. The highest BCUT2D eigenvalue weighted by Crippen LogP contribution is 2.37. The van der Waals surface area contributed by atoms with Gasteiger partial charge < -0.3 is 5.32 Å². The van der Waals surface area contributed by atoms with Crippen LogP contribution in [0.4, 0.5) is 14.5 Å². The van der Waals surface area contributed by atoms with Crippen molar-refractivity contribution in [2.24, 2.45) is 0 Å². The fourth-order valence-corrected chi connectivity index (χ4v) is 2.03. The summed E-state index contributed by atoms with van der Waals surface area (Å²) in [7, 11) is 0. The maximum absolute atomic E-state index is 12.6. The molecule has 0 unspecified atom stereocenters. The lowest BCUT2D eigenvalue weighted by atomic mass is 9.88. The molecule has 102 valence electrons. The SMILES string of the molecule is O=C(NC1CC(F)(F)C1)c1cc([N+](=O)[O-])ccc1Cl. The maximum Gasteiger partial charge on any atom is 0.270 e. The quantitative estimate of drug-likeness (QED) is 0.687. The van der Waals surface area contributed by atoms with E-state index in [0.29, 0.717) is 0 Å². The minimum Gasteiger partial charge on any atom is -0.349 e. The summed E-state index contributed by atoms with van der Waals surface area (Å²) in [5, 5.41) is 13.0. The first-order valence-corrected chi connectivity index (χ1v) is 5.79. The minimum absolute atomic E-state index is 0.0363. The Bertz CT molecular complexity index is 543. The molecule has 0 heterocycles. The van der Waals surface area contributed by atoms with Crippen molar-refractivity contribution in [2.75, 3.05) is 0 Å². The zero-order valence-corrected chi connectivity index (χ0v) is 10.3. The standard InChI is InChI=1S/C11H9ClF2N2O3/c12-9-2-1-7(16(18)19)3-8(9)10(17)15-6-4-11(13,14)5-6/h1-3,6H,4-5H2,(H,15,17). The number of nitro benzene ring substituents is 1. The summed E-state index contributed by atoms with van der Waals surface area (Å²) < 4.78 is 25.2. The van der Waals surface area contributed by atoms with Crippen molar-refractivity contribution >= 4 is 23.2 Å². The molecular formula is C11H9ClF2N2O3. The number of halogens is 3. The maximum atomic E-state index is 12.6. The van der Waals surface area contributed by atoms with Crippen molar-refractivity contribution in [1.29, 1.82) is 0 Å². The van der Waals surface area contributed by atoms with Crippen molar-refractivity contribution in [3.05, 3.63) is 38.9 Å². The number of alkyl halides is 2.